The van der Waals surface area contributed by atoms with Crippen molar-refractivity contribution in [3.63, 3.8) is 0 Å². The lowest BCUT2D eigenvalue weighted by Crippen LogP contribution is -2.52. The van der Waals surface area contributed by atoms with Crippen LogP contribution >= 0.6 is 0 Å². The topological polar surface area (TPSA) is 74.6 Å². The van der Waals surface area contributed by atoms with Crippen LogP contribution in [0.1, 0.15) is 22.3 Å². The van der Waals surface area contributed by atoms with Gasteiger partial charge in [0.1, 0.15) is 5.76 Å². The van der Waals surface area contributed by atoms with Crippen LogP contribution in [-0.2, 0) is 4.79 Å². The minimum Gasteiger partial charge on any atom is -0.464 e. The average Bonchev–Trinajstić information content (AvgIpc) is 3.35. The van der Waals surface area contributed by atoms with E-state index in [2.05, 4.69) is 10.6 Å². The zero-order valence-electron chi connectivity index (χ0n) is 17.8. The zero-order chi connectivity index (χ0) is 21.8. The fraction of sp³-hybridized carbons (Fsp3) is 0.280. The van der Waals surface area contributed by atoms with Crippen LogP contribution in [0.3, 0.4) is 0 Å². The van der Waals surface area contributed by atoms with E-state index in [0.717, 1.165) is 22.6 Å². The van der Waals surface area contributed by atoms with Gasteiger partial charge in [0.2, 0.25) is 5.91 Å². The van der Waals surface area contributed by atoms with Crippen LogP contribution in [0.15, 0.2) is 71.3 Å². The van der Waals surface area contributed by atoms with Gasteiger partial charge in [-0.3, -0.25) is 9.59 Å². The molecule has 0 spiro atoms. The molecule has 0 saturated carbocycles. The molecule has 6 heteroatoms. The molecule has 1 aliphatic heterocycles. The monoisotopic (exact) mass is 417 g/mol. The molecule has 2 N–H and O–H groups in total. The minimum absolute atomic E-state index is 0.0553. The molecule has 2 amide bonds. The second-order valence-corrected chi connectivity index (χ2v) is 8.04. The van der Waals surface area contributed by atoms with Crippen molar-refractivity contribution in [1.29, 1.82) is 0 Å². The molecule has 0 bridgehead atoms. The maximum atomic E-state index is 13.3. The Balaban J connectivity index is 1.50. The number of aryl methyl sites for hydroxylation is 1. The van der Waals surface area contributed by atoms with E-state index in [9.17, 15) is 9.59 Å². The average molecular weight is 418 g/mol. The third kappa shape index (κ3) is 4.86. The van der Waals surface area contributed by atoms with E-state index < -0.39 is 0 Å². The van der Waals surface area contributed by atoms with Crippen molar-refractivity contribution in [3.05, 3.63) is 78.1 Å². The van der Waals surface area contributed by atoms with Crippen LogP contribution in [0.2, 0.25) is 0 Å². The summed E-state index contributed by atoms with van der Waals surface area (Å²) in [4.78, 5) is 28.0. The maximum absolute atomic E-state index is 13.3. The summed E-state index contributed by atoms with van der Waals surface area (Å²) in [6.45, 7) is 2.96. The van der Waals surface area contributed by atoms with Crippen LogP contribution in [0, 0.1) is 12.8 Å². The fourth-order valence-electron chi connectivity index (χ4n) is 3.98. The van der Waals surface area contributed by atoms with Crippen LogP contribution in [0.4, 0.5) is 5.69 Å². The lowest BCUT2D eigenvalue weighted by Gasteiger charge is -2.37. The molecule has 2 unspecified atom stereocenters. The summed E-state index contributed by atoms with van der Waals surface area (Å²) >= 11 is 0. The molecule has 2 heterocycles. The Morgan fingerprint density at radius 3 is 2.55 bits per heavy atom. The SMILES string of the molecule is CNC1CC(C(=O)Nc2ccc(C)cc2)CN(C(=O)c2cccc(-c3ccco3)c2)C1. The van der Waals surface area contributed by atoms with Crippen molar-refractivity contribution in [2.45, 2.75) is 19.4 Å². The van der Waals surface area contributed by atoms with E-state index in [1.165, 1.54) is 0 Å². The number of piperidine rings is 1. The number of likely N-dealkylation sites (tertiary alicyclic amines) is 1. The van der Waals surface area contributed by atoms with Gasteiger partial charge < -0.3 is 20.0 Å². The lowest BCUT2D eigenvalue weighted by atomic mass is 9.92. The first-order valence-electron chi connectivity index (χ1n) is 10.5. The van der Waals surface area contributed by atoms with Crippen LogP contribution < -0.4 is 10.6 Å². The normalized spacial score (nSPS) is 18.6. The number of furan rings is 1. The van der Waals surface area contributed by atoms with Crippen molar-refractivity contribution in [3.8, 4) is 11.3 Å². The molecule has 160 valence electrons. The van der Waals surface area contributed by atoms with Gasteiger partial charge in [0.05, 0.1) is 12.2 Å². The molecule has 0 aliphatic carbocycles. The summed E-state index contributed by atoms with van der Waals surface area (Å²) in [6, 6.07) is 18.9. The number of carbonyl (C=O) groups is 2. The summed E-state index contributed by atoms with van der Waals surface area (Å²) in [5.74, 6) is 0.286. The van der Waals surface area contributed by atoms with Crippen molar-refractivity contribution in [2.24, 2.45) is 5.92 Å². The van der Waals surface area contributed by atoms with E-state index in [-0.39, 0.29) is 23.8 Å². The second-order valence-electron chi connectivity index (χ2n) is 8.04. The van der Waals surface area contributed by atoms with E-state index in [4.69, 9.17) is 4.42 Å². The molecule has 1 saturated heterocycles. The van der Waals surface area contributed by atoms with Crippen LogP contribution in [0.5, 0.6) is 0 Å². The fourth-order valence-corrected chi connectivity index (χ4v) is 3.98. The van der Waals surface area contributed by atoms with E-state index >= 15 is 0 Å². The number of amides is 2. The Bertz CT molecular complexity index is 1040. The number of likely N-dealkylation sites (N-methyl/N-ethyl adjacent to an activating group) is 1. The third-order valence-electron chi connectivity index (χ3n) is 5.75. The number of anilines is 1. The minimum atomic E-state index is -0.287. The predicted octanol–water partition coefficient (Wildman–Crippen LogP) is 3.94. The highest BCUT2D eigenvalue weighted by atomic mass is 16.3. The van der Waals surface area contributed by atoms with Crippen LogP contribution in [-0.4, -0.2) is 42.9 Å². The molecule has 0 radical (unpaired) electrons. The summed E-state index contributed by atoms with van der Waals surface area (Å²) in [6.07, 6.45) is 2.30. The van der Waals surface area contributed by atoms with Crippen molar-refractivity contribution in [2.75, 3.05) is 25.5 Å². The number of nitrogens with one attached hydrogen (secondary N) is 2. The second kappa shape index (κ2) is 9.18. The van der Waals surface area contributed by atoms with Crippen LogP contribution in [0.25, 0.3) is 11.3 Å². The maximum Gasteiger partial charge on any atom is 0.253 e. The first-order chi connectivity index (χ1) is 15.0. The standard InChI is InChI=1S/C25H27N3O3/c1-17-8-10-21(11-9-17)27-24(29)20-14-22(26-2)16-28(15-20)25(30)19-6-3-5-18(13-19)23-7-4-12-31-23/h3-13,20,22,26H,14-16H2,1-2H3,(H,27,29). The summed E-state index contributed by atoms with van der Waals surface area (Å²) in [5.41, 5.74) is 3.35. The van der Waals surface area contributed by atoms with Gasteiger partial charge in [0.15, 0.2) is 0 Å². The van der Waals surface area contributed by atoms with Crippen molar-refractivity contribution < 1.29 is 14.0 Å². The zero-order valence-corrected chi connectivity index (χ0v) is 17.8. The molecular formula is C25H27N3O3. The number of benzene rings is 2. The molecular weight excluding hydrogens is 390 g/mol. The highest BCUT2D eigenvalue weighted by Crippen LogP contribution is 2.24. The van der Waals surface area contributed by atoms with Gasteiger partial charge in [-0.1, -0.05) is 29.8 Å². The molecule has 1 aromatic heterocycles. The highest BCUT2D eigenvalue weighted by Gasteiger charge is 2.33. The van der Waals surface area contributed by atoms with Crippen molar-refractivity contribution >= 4 is 17.5 Å². The molecule has 1 aliphatic rings. The molecule has 2 aromatic carbocycles. The Labute approximate surface area is 182 Å². The van der Waals surface area contributed by atoms with E-state index in [0.29, 0.717) is 25.1 Å². The first-order valence-corrected chi connectivity index (χ1v) is 10.5. The lowest BCUT2D eigenvalue weighted by molar-refractivity contribution is -0.121. The van der Waals surface area contributed by atoms with Gasteiger partial charge in [-0.25, -0.2) is 0 Å². The molecule has 3 aromatic rings. The number of nitrogens with zero attached hydrogens (tertiary/aromatic N) is 1. The van der Waals surface area contributed by atoms with Gasteiger partial charge in [0.25, 0.3) is 5.91 Å². The summed E-state index contributed by atoms with van der Waals surface area (Å²) in [7, 11) is 1.87. The summed E-state index contributed by atoms with van der Waals surface area (Å²) in [5, 5.41) is 6.23. The van der Waals surface area contributed by atoms with Gasteiger partial charge >= 0.3 is 0 Å². The van der Waals surface area contributed by atoms with Gasteiger partial charge in [-0.05, 0) is 56.8 Å². The molecule has 2 atom stereocenters. The van der Waals surface area contributed by atoms with Crippen molar-refractivity contribution in [1.82, 2.24) is 10.2 Å². The Morgan fingerprint density at radius 2 is 1.84 bits per heavy atom. The molecule has 6 nitrogen and oxygen atoms in total. The largest absolute Gasteiger partial charge is 0.464 e. The Hall–Kier alpha value is -3.38. The van der Waals surface area contributed by atoms with Gasteiger partial charge in [-0.2, -0.15) is 0 Å². The number of rotatable bonds is 5. The van der Waals surface area contributed by atoms with E-state index in [1.54, 1.807) is 17.2 Å². The number of hydrogen-bond acceptors (Lipinski definition) is 4. The molecule has 4 rings (SSSR count). The number of carbonyl (C=O) groups excluding carboxylic acids is 2. The predicted molar refractivity (Wildman–Crippen MR) is 121 cm³/mol. The summed E-state index contributed by atoms with van der Waals surface area (Å²) < 4.78 is 5.46. The van der Waals surface area contributed by atoms with Gasteiger partial charge in [0, 0.05) is 35.9 Å². The number of hydrogen-bond donors (Lipinski definition) is 2. The smallest absolute Gasteiger partial charge is 0.253 e. The third-order valence-corrected chi connectivity index (χ3v) is 5.75. The Kier molecular flexibility index (Phi) is 6.18. The Morgan fingerprint density at radius 1 is 1.03 bits per heavy atom. The quantitative estimate of drug-likeness (QED) is 0.659. The van der Waals surface area contributed by atoms with Gasteiger partial charge in [-0.15, -0.1) is 0 Å². The molecule has 31 heavy (non-hydrogen) atoms. The highest BCUT2D eigenvalue weighted by molar-refractivity contribution is 5.97. The first kappa shape index (κ1) is 20.9. The molecule has 1 fully saturated rings. The van der Waals surface area contributed by atoms with E-state index in [1.807, 2.05) is 68.6 Å².